The summed E-state index contributed by atoms with van der Waals surface area (Å²) in [5.41, 5.74) is 4.11. The number of aryl methyl sites for hydroxylation is 2. The summed E-state index contributed by atoms with van der Waals surface area (Å²) in [5.74, 6) is 0.528. The maximum atomic E-state index is 13.8. The Labute approximate surface area is 193 Å². The first-order valence-corrected chi connectivity index (χ1v) is 11.4. The molecule has 5 rings (SSSR count). The standard InChI is InChI=1S/C26H28N2O5/c1-16-5-7-20(17(2)12-16)23-24(27-9-3-4-18(14-27)15-29)26(31)28(25(23)30)19-6-8-21-22(13-19)33-11-10-32-21/h5-8,12-13,18,29H,3-4,9-11,14-15H2,1-2H3. The van der Waals surface area contributed by atoms with E-state index in [1.807, 2.05) is 36.9 Å². The average Bonchev–Trinajstić information content (AvgIpc) is 3.08. The summed E-state index contributed by atoms with van der Waals surface area (Å²) in [6.07, 6.45) is 1.77. The summed E-state index contributed by atoms with van der Waals surface area (Å²) in [7, 11) is 0. The first kappa shape index (κ1) is 21.5. The number of aliphatic hydroxyl groups excluding tert-OH is 1. The molecule has 33 heavy (non-hydrogen) atoms. The molecule has 172 valence electrons. The second kappa shape index (κ2) is 8.56. The van der Waals surface area contributed by atoms with E-state index in [0.29, 0.717) is 54.8 Å². The Kier molecular flexibility index (Phi) is 5.58. The predicted molar refractivity (Wildman–Crippen MR) is 124 cm³/mol. The first-order valence-electron chi connectivity index (χ1n) is 11.4. The number of hydrogen-bond donors (Lipinski definition) is 1. The van der Waals surface area contributed by atoms with E-state index >= 15 is 0 Å². The number of piperidine rings is 1. The lowest BCUT2D eigenvalue weighted by Crippen LogP contribution is -2.40. The van der Waals surface area contributed by atoms with Crippen molar-refractivity contribution >= 4 is 23.1 Å². The molecule has 1 unspecified atom stereocenters. The van der Waals surface area contributed by atoms with Gasteiger partial charge in [-0.2, -0.15) is 0 Å². The number of carbonyl (C=O) groups excluding carboxylic acids is 2. The average molecular weight is 449 g/mol. The molecular weight excluding hydrogens is 420 g/mol. The number of carbonyl (C=O) groups is 2. The molecule has 3 heterocycles. The number of nitrogens with zero attached hydrogens (tertiary/aromatic N) is 2. The van der Waals surface area contributed by atoms with Crippen molar-refractivity contribution < 1.29 is 24.2 Å². The number of anilines is 1. The van der Waals surface area contributed by atoms with Crippen molar-refractivity contribution in [2.24, 2.45) is 5.92 Å². The Balaban J connectivity index is 1.61. The first-order chi connectivity index (χ1) is 16.0. The van der Waals surface area contributed by atoms with Gasteiger partial charge in [0.05, 0.1) is 11.3 Å². The highest BCUT2D eigenvalue weighted by Crippen LogP contribution is 2.40. The monoisotopic (exact) mass is 448 g/mol. The van der Waals surface area contributed by atoms with Crippen LogP contribution in [0.25, 0.3) is 5.57 Å². The molecule has 7 nitrogen and oxygen atoms in total. The molecule has 1 fully saturated rings. The molecule has 1 atom stereocenters. The number of likely N-dealkylation sites (tertiary alicyclic amines) is 1. The lowest BCUT2D eigenvalue weighted by atomic mass is 9.95. The van der Waals surface area contributed by atoms with Gasteiger partial charge in [0.25, 0.3) is 11.8 Å². The van der Waals surface area contributed by atoms with Gasteiger partial charge in [-0.05, 0) is 55.9 Å². The minimum atomic E-state index is -0.343. The van der Waals surface area contributed by atoms with Gasteiger partial charge in [-0.1, -0.05) is 23.8 Å². The van der Waals surface area contributed by atoms with Crippen LogP contribution in [0.2, 0.25) is 0 Å². The molecule has 1 saturated heterocycles. The van der Waals surface area contributed by atoms with Crippen molar-refractivity contribution in [3.63, 3.8) is 0 Å². The fraction of sp³-hybridized carbons (Fsp3) is 0.385. The zero-order valence-electron chi connectivity index (χ0n) is 19.0. The number of benzene rings is 2. The van der Waals surface area contributed by atoms with Crippen molar-refractivity contribution in [3.05, 3.63) is 58.8 Å². The molecule has 3 aliphatic heterocycles. The number of amides is 2. The summed E-state index contributed by atoms with van der Waals surface area (Å²) in [6, 6.07) is 11.1. The highest BCUT2D eigenvalue weighted by Gasteiger charge is 2.44. The van der Waals surface area contributed by atoms with Crippen molar-refractivity contribution in [2.75, 3.05) is 37.8 Å². The number of rotatable bonds is 4. The van der Waals surface area contributed by atoms with Crippen LogP contribution >= 0.6 is 0 Å². The van der Waals surface area contributed by atoms with Crippen molar-refractivity contribution in [1.29, 1.82) is 0 Å². The number of fused-ring (bicyclic) bond motifs is 1. The van der Waals surface area contributed by atoms with Crippen molar-refractivity contribution in [1.82, 2.24) is 4.90 Å². The summed E-state index contributed by atoms with van der Waals surface area (Å²) >= 11 is 0. The molecule has 2 aromatic carbocycles. The fourth-order valence-corrected chi connectivity index (χ4v) is 4.97. The van der Waals surface area contributed by atoms with Crippen LogP contribution in [0.4, 0.5) is 5.69 Å². The maximum absolute atomic E-state index is 13.8. The second-order valence-corrected chi connectivity index (χ2v) is 8.95. The van der Waals surface area contributed by atoms with E-state index in [4.69, 9.17) is 9.47 Å². The number of hydrogen-bond acceptors (Lipinski definition) is 6. The van der Waals surface area contributed by atoms with Gasteiger partial charge in [0.1, 0.15) is 18.9 Å². The summed E-state index contributed by atoms with van der Waals surface area (Å²) in [6.45, 7) is 6.15. The Bertz CT molecular complexity index is 1160. The molecule has 2 amide bonds. The lowest BCUT2D eigenvalue weighted by molar-refractivity contribution is -0.120. The van der Waals surface area contributed by atoms with Crippen LogP contribution in [0, 0.1) is 19.8 Å². The van der Waals surface area contributed by atoms with Crippen LogP contribution in [-0.4, -0.2) is 54.7 Å². The molecule has 2 aromatic rings. The van der Waals surface area contributed by atoms with E-state index < -0.39 is 0 Å². The van der Waals surface area contributed by atoms with Gasteiger partial charge >= 0.3 is 0 Å². The van der Waals surface area contributed by atoms with E-state index in [9.17, 15) is 14.7 Å². The molecule has 0 radical (unpaired) electrons. The molecule has 3 aliphatic rings. The minimum Gasteiger partial charge on any atom is -0.486 e. The molecule has 0 bridgehead atoms. The van der Waals surface area contributed by atoms with Crippen LogP contribution in [0.1, 0.15) is 29.5 Å². The van der Waals surface area contributed by atoms with Crippen LogP contribution in [0.15, 0.2) is 42.1 Å². The number of ether oxygens (including phenoxy) is 2. The Morgan fingerprint density at radius 2 is 1.79 bits per heavy atom. The zero-order valence-corrected chi connectivity index (χ0v) is 19.0. The van der Waals surface area contributed by atoms with E-state index in [1.165, 1.54) is 4.90 Å². The van der Waals surface area contributed by atoms with Gasteiger partial charge < -0.3 is 19.5 Å². The number of aliphatic hydroxyl groups is 1. The van der Waals surface area contributed by atoms with Crippen LogP contribution < -0.4 is 14.4 Å². The lowest BCUT2D eigenvalue weighted by Gasteiger charge is -2.34. The van der Waals surface area contributed by atoms with Gasteiger partial charge in [0, 0.05) is 25.8 Å². The topological polar surface area (TPSA) is 79.3 Å². The van der Waals surface area contributed by atoms with Crippen molar-refractivity contribution in [3.8, 4) is 11.5 Å². The molecule has 0 aromatic heterocycles. The van der Waals surface area contributed by atoms with Gasteiger partial charge in [-0.3, -0.25) is 9.59 Å². The second-order valence-electron chi connectivity index (χ2n) is 8.95. The molecule has 0 aliphatic carbocycles. The molecular formula is C26H28N2O5. The van der Waals surface area contributed by atoms with E-state index in [0.717, 1.165) is 29.5 Å². The largest absolute Gasteiger partial charge is 0.486 e. The highest BCUT2D eigenvalue weighted by molar-refractivity contribution is 6.45. The highest BCUT2D eigenvalue weighted by atomic mass is 16.6. The Morgan fingerprint density at radius 3 is 2.55 bits per heavy atom. The summed E-state index contributed by atoms with van der Waals surface area (Å²) in [4.78, 5) is 30.9. The summed E-state index contributed by atoms with van der Waals surface area (Å²) < 4.78 is 11.3. The van der Waals surface area contributed by atoms with Crippen LogP contribution in [0.5, 0.6) is 11.5 Å². The maximum Gasteiger partial charge on any atom is 0.282 e. The minimum absolute atomic E-state index is 0.0662. The molecule has 0 spiro atoms. The van der Waals surface area contributed by atoms with E-state index in [-0.39, 0.29) is 24.3 Å². The third-order valence-corrected chi connectivity index (χ3v) is 6.59. The van der Waals surface area contributed by atoms with E-state index in [1.54, 1.807) is 18.2 Å². The van der Waals surface area contributed by atoms with Crippen molar-refractivity contribution in [2.45, 2.75) is 26.7 Å². The third kappa shape index (κ3) is 3.76. The Hall–Kier alpha value is -3.32. The Morgan fingerprint density at radius 1 is 1.00 bits per heavy atom. The van der Waals surface area contributed by atoms with Crippen LogP contribution in [-0.2, 0) is 9.59 Å². The summed E-state index contributed by atoms with van der Waals surface area (Å²) in [5, 5.41) is 9.74. The van der Waals surface area contributed by atoms with Gasteiger partial charge in [-0.25, -0.2) is 4.90 Å². The smallest absolute Gasteiger partial charge is 0.282 e. The normalized spacial score (nSPS) is 20.6. The van der Waals surface area contributed by atoms with Crippen LogP contribution in [0.3, 0.4) is 0 Å². The number of imide groups is 1. The SMILES string of the molecule is Cc1ccc(C2=C(N3CCCC(CO)C3)C(=O)N(c3ccc4c(c3)OCCO4)C2=O)c(C)c1. The van der Waals surface area contributed by atoms with E-state index in [2.05, 4.69) is 0 Å². The molecule has 0 saturated carbocycles. The third-order valence-electron chi connectivity index (χ3n) is 6.59. The predicted octanol–water partition coefficient (Wildman–Crippen LogP) is 3.06. The molecule has 7 heteroatoms. The molecule has 1 N–H and O–H groups in total. The quantitative estimate of drug-likeness (QED) is 0.725. The van der Waals surface area contributed by atoms with Gasteiger partial charge in [-0.15, -0.1) is 0 Å². The van der Waals surface area contributed by atoms with Gasteiger partial charge in [0.15, 0.2) is 11.5 Å². The van der Waals surface area contributed by atoms with Gasteiger partial charge in [0.2, 0.25) is 0 Å². The zero-order chi connectivity index (χ0) is 23.1. The fourth-order valence-electron chi connectivity index (χ4n) is 4.97.